The van der Waals surface area contributed by atoms with Crippen molar-refractivity contribution in [1.29, 1.82) is 0 Å². The van der Waals surface area contributed by atoms with Crippen molar-refractivity contribution in [3.05, 3.63) is 76.6 Å². The lowest BCUT2D eigenvalue weighted by atomic mass is 10.1. The zero-order chi connectivity index (χ0) is 22.2. The lowest BCUT2D eigenvalue weighted by Gasteiger charge is -2.11. The molecule has 3 aromatic rings. The Morgan fingerprint density at radius 1 is 1.00 bits per heavy atom. The third-order valence-corrected chi connectivity index (χ3v) is 4.43. The Kier molecular flexibility index (Phi) is 7.43. The van der Waals surface area contributed by atoms with Gasteiger partial charge in [-0.2, -0.15) is 5.10 Å². The van der Waals surface area contributed by atoms with Gasteiger partial charge < -0.3 is 14.8 Å². The molecule has 7 heteroatoms. The molecule has 0 unspecified atom stereocenters. The third kappa shape index (κ3) is 6.18. The van der Waals surface area contributed by atoms with Crippen LogP contribution < -0.4 is 20.3 Å². The minimum absolute atomic E-state index is 0.0730. The first kappa shape index (κ1) is 22.1. The monoisotopic (exact) mass is 421 g/mol. The smallest absolute Gasteiger partial charge is 0.266 e. The van der Waals surface area contributed by atoms with E-state index in [0.717, 1.165) is 11.3 Å². The summed E-state index contributed by atoms with van der Waals surface area (Å²) in [4.78, 5) is 24.5. The fraction of sp³-hybridized carbons (Fsp3) is 0.292. The maximum absolute atomic E-state index is 12.4. The van der Waals surface area contributed by atoms with Crippen molar-refractivity contribution >= 4 is 5.91 Å². The molecule has 0 radical (unpaired) electrons. The number of carbonyl (C=O) groups is 1. The van der Waals surface area contributed by atoms with Crippen LogP contribution in [0.2, 0.25) is 0 Å². The van der Waals surface area contributed by atoms with Gasteiger partial charge in [-0.15, -0.1) is 0 Å². The number of benzene rings is 2. The summed E-state index contributed by atoms with van der Waals surface area (Å²) in [6.45, 7) is 6.97. The molecule has 0 fully saturated rings. The molecular formula is C24H27N3O4. The standard InChI is InChI=1S/C24H27N3O4/c1-4-30-20-9-5-18(6-10-20)22-13-14-23(28)27(26-22)16-15-25-24(29)19-7-11-21(12-8-19)31-17(2)3/h5-14,17H,4,15-16H2,1-3H3,(H,25,29). The Morgan fingerprint density at radius 2 is 1.68 bits per heavy atom. The Morgan fingerprint density at radius 3 is 2.32 bits per heavy atom. The van der Waals surface area contributed by atoms with Gasteiger partial charge in [0.2, 0.25) is 0 Å². The SMILES string of the molecule is CCOc1ccc(-c2ccc(=O)n(CCNC(=O)c3ccc(OC(C)C)cc3)n2)cc1. The van der Waals surface area contributed by atoms with Crippen molar-refractivity contribution in [1.82, 2.24) is 15.1 Å². The van der Waals surface area contributed by atoms with Crippen molar-refractivity contribution in [2.24, 2.45) is 0 Å². The van der Waals surface area contributed by atoms with E-state index in [1.54, 1.807) is 30.3 Å². The Labute approximate surface area is 181 Å². The summed E-state index contributed by atoms with van der Waals surface area (Å²) in [6, 6.07) is 17.7. The molecule has 1 amide bonds. The van der Waals surface area contributed by atoms with E-state index >= 15 is 0 Å². The molecule has 31 heavy (non-hydrogen) atoms. The van der Waals surface area contributed by atoms with Crippen molar-refractivity contribution in [2.75, 3.05) is 13.2 Å². The van der Waals surface area contributed by atoms with Crippen molar-refractivity contribution in [3.8, 4) is 22.8 Å². The average molecular weight is 421 g/mol. The second kappa shape index (κ2) is 10.4. The predicted molar refractivity (Wildman–Crippen MR) is 120 cm³/mol. The van der Waals surface area contributed by atoms with E-state index in [9.17, 15) is 9.59 Å². The second-order valence-electron chi connectivity index (χ2n) is 7.18. The van der Waals surface area contributed by atoms with Crippen LogP contribution in [0.25, 0.3) is 11.3 Å². The van der Waals surface area contributed by atoms with Gasteiger partial charge in [-0.25, -0.2) is 4.68 Å². The van der Waals surface area contributed by atoms with Crippen LogP contribution in [0.5, 0.6) is 11.5 Å². The van der Waals surface area contributed by atoms with E-state index in [-0.39, 0.29) is 30.7 Å². The van der Waals surface area contributed by atoms with Gasteiger partial charge in [0.25, 0.3) is 11.5 Å². The highest BCUT2D eigenvalue weighted by atomic mass is 16.5. The van der Waals surface area contributed by atoms with E-state index in [0.29, 0.717) is 23.6 Å². The van der Waals surface area contributed by atoms with E-state index < -0.39 is 0 Å². The fourth-order valence-corrected chi connectivity index (χ4v) is 2.99. The number of hydrogen-bond acceptors (Lipinski definition) is 5. The maximum atomic E-state index is 12.4. The summed E-state index contributed by atoms with van der Waals surface area (Å²) in [5.74, 6) is 1.28. The number of hydrogen-bond donors (Lipinski definition) is 1. The van der Waals surface area contributed by atoms with Gasteiger partial charge in [0.15, 0.2) is 0 Å². The van der Waals surface area contributed by atoms with Gasteiger partial charge in [-0.1, -0.05) is 0 Å². The topological polar surface area (TPSA) is 82.5 Å². The molecule has 162 valence electrons. The van der Waals surface area contributed by atoms with Gasteiger partial charge in [-0.3, -0.25) is 9.59 Å². The summed E-state index contributed by atoms with van der Waals surface area (Å²) in [5.41, 5.74) is 1.86. The molecule has 1 heterocycles. The van der Waals surface area contributed by atoms with E-state index in [4.69, 9.17) is 9.47 Å². The molecule has 2 aromatic carbocycles. The summed E-state index contributed by atoms with van der Waals surface area (Å²) in [7, 11) is 0. The lowest BCUT2D eigenvalue weighted by molar-refractivity contribution is 0.0951. The molecule has 1 N–H and O–H groups in total. The largest absolute Gasteiger partial charge is 0.494 e. The van der Waals surface area contributed by atoms with Crippen molar-refractivity contribution in [3.63, 3.8) is 0 Å². The molecule has 1 aromatic heterocycles. The van der Waals surface area contributed by atoms with Crippen LogP contribution in [-0.2, 0) is 6.54 Å². The van der Waals surface area contributed by atoms with E-state index in [2.05, 4.69) is 10.4 Å². The summed E-state index contributed by atoms with van der Waals surface area (Å²) >= 11 is 0. The average Bonchev–Trinajstić information content (AvgIpc) is 2.76. The van der Waals surface area contributed by atoms with Crippen LogP contribution in [0.1, 0.15) is 31.1 Å². The van der Waals surface area contributed by atoms with Crippen molar-refractivity contribution in [2.45, 2.75) is 33.4 Å². The normalized spacial score (nSPS) is 10.7. The van der Waals surface area contributed by atoms with Gasteiger partial charge in [-0.05, 0) is 75.4 Å². The maximum Gasteiger partial charge on any atom is 0.266 e. The van der Waals surface area contributed by atoms with Crippen LogP contribution >= 0.6 is 0 Å². The second-order valence-corrected chi connectivity index (χ2v) is 7.18. The first-order valence-electron chi connectivity index (χ1n) is 10.3. The number of nitrogens with zero attached hydrogens (tertiary/aromatic N) is 2. The lowest BCUT2D eigenvalue weighted by Crippen LogP contribution is -2.31. The first-order valence-corrected chi connectivity index (χ1v) is 10.3. The molecule has 0 spiro atoms. The van der Waals surface area contributed by atoms with Gasteiger partial charge >= 0.3 is 0 Å². The Bertz CT molecular complexity index is 1060. The molecule has 0 aliphatic carbocycles. The minimum Gasteiger partial charge on any atom is -0.494 e. The number of nitrogens with one attached hydrogen (secondary N) is 1. The quantitative estimate of drug-likeness (QED) is 0.572. The van der Waals surface area contributed by atoms with Crippen molar-refractivity contribution < 1.29 is 14.3 Å². The highest BCUT2D eigenvalue weighted by Gasteiger charge is 2.08. The first-order chi connectivity index (χ1) is 15.0. The van der Waals surface area contributed by atoms with Gasteiger partial charge in [0, 0.05) is 23.7 Å². The van der Waals surface area contributed by atoms with Gasteiger partial charge in [0.1, 0.15) is 11.5 Å². The number of aromatic nitrogens is 2. The minimum atomic E-state index is -0.223. The van der Waals surface area contributed by atoms with Crippen LogP contribution in [0, 0.1) is 0 Å². The summed E-state index contributed by atoms with van der Waals surface area (Å²) in [5, 5.41) is 7.24. The van der Waals surface area contributed by atoms with Gasteiger partial charge in [0.05, 0.1) is 24.9 Å². The Hall–Kier alpha value is -3.61. The summed E-state index contributed by atoms with van der Waals surface area (Å²) < 4.78 is 12.4. The highest BCUT2D eigenvalue weighted by molar-refractivity contribution is 5.94. The third-order valence-electron chi connectivity index (χ3n) is 4.43. The molecule has 0 aliphatic rings. The van der Waals surface area contributed by atoms with E-state index in [1.807, 2.05) is 45.0 Å². The zero-order valence-corrected chi connectivity index (χ0v) is 18.0. The van der Waals surface area contributed by atoms with Crippen LogP contribution in [-0.4, -0.2) is 34.9 Å². The Balaban J connectivity index is 1.60. The zero-order valence-electron chi connectivity index (χ0n) is 18.0. The molecule has 3 rings (SSSR count). The molecule has 0 bridgehead atoms. The van der Waals surface area contributed by atoms with Crippen LogP contribution in [0.15, 0.2) is 65.5 Å². The number of amides is 1. The molecule has 7 nitrogen and oxygen atoms in total. The number of rotatable bonds is 9. The highest BCUT2D eigenvalue weighted by Crippen LogP contribution is 2.20. The number of carbonyl (C=O) groups excluding carboxylic acids is 1. The summed E-state index contributed by atoms with van der Waals surface area (Å²) in [6.07, 6.45) is 0.0730. The number of ether oxygens (including phenoxy) is 2. The molecular weight excluding hydrogens is 394 g/mol. The van der Waals surface area contributed by atoms with Crippen LogP contribution in [0.3, 0.4) is 0 Å². The van der Waals surface area contributed by atoms with E-state index in [1.165, 1.54) is 10.7 Å². The predicted octanol–water partition coefficient (Wildman–Crippen LogP) is 3.53. The molecule has 0 saturated heterocycles. The molecule has 0 saturated carbocycles. The fourth-order valence-electron chi connectivity index (χ4n) is 2.99. The van der Waals surface area contributed by atoms with Crippen LogP contribution in [0.4, 0.5) is 0 Å². The molecule has 0 aliphatic heterocycles. The molecule has 0 atom stereocenters.